The molecule has 194 valence electrons. The average molecular weight is 505 g/mol. The summed E-state index contributed by atoms with van der Waals surface area (Å²) in [6.45, 7) is 6.96. The van der Waals surface area contributed by atoms with E-state index in [0.717, 1.165) is 61.2 Å². The maximum atomic E-state index is 13.6. The second-order valence-electron chi connectivity index (χ2n) is 10.9. The summed E-state index contributed by atoms with van der Waals surface area (Å²) in [4.78, 5) is 23.1. The van der Waals surface area contributed by atoms with Crippen LogP contribution >= 0.6 is 0 Å². The second-order valence-corrected chi connectivity index (χ2v) is 10.9. The number of halogens is 1. The third-order valence-electron chi connectivity index (χ3n) is 8.04. The number of methoxy groups -OCH3 is 1. The van der Waals surface area contributed by atoms with Crippen molar-refractivity contribution < 1.29 is 9.13 Å². The lowest BCUT2D eigenvalue weighted by atomic mass is 9.88. The van der Waals surface area contributed by atoms with Gasteiger partial charge in [0.05, 0.1) is 7.11 Å². The van der Waals surface area contributed by atoms with Gasteiger partial charge in [0.2, 0.25) is 11.8 Å². The number of rotatable bonds is 6. The van der Waals surface area contributed by atoms with Crippen LogP contribution < -0.4 is 25.2 Å². The summed E-state index contributed by atoms with van der Waals surface area (Å²) in [6, 6.07) is 8.81. The molecule has 2 fully saturated rings. The summed E-state index contributed by atoms with van der Waals surface area (Å²) in [6.07, 6.45) is 3.87. The molecule has 4 heterocycles. The van der Waals surface area contributed by atoms with Gasteiger partial charge in [-0.1, -0.05) is 13.8 Å². The molecule has 1 unspecified atom stereocenters. The number of hydrogen-bond donors (Lipinski definition) is 2. The summed E-state index contributed by atoms with van der Waals surface area (Å²) in [5.74, 6) is 4.50. The molecule has 1 saturated heterocycles. The number of nitrogens with one attached hydrogen (secondary N) is 2. The van der Waals surface area contributed by atoms with Gasteiger partial charge in [-0.2, -0.15) is 9.97 Å². The van der Waals surface area contributed by atoms with E-state index in [1.165, 1.54) is 12.1 Å². The van der Waals surface area contributed by atoms with Crippen LogP contribution in [0.1, 0.15) is 32.3 Å². The number of fused-ring (bicyclic) bond motifs is 3. The zero-order valence-corrected chi connectivity index (χ0v) is 21.7. The van der Waals surface area contributed by atoms with Gasteiger partial charge in [0.25, 0.3) is 0 Å². The van der Waals surface area contributed by atoms with E-state index in [1.54, 1.807) is 13.4 Å². The standard InChI is InChI=1S/C27H33FN8O/c1-27(2)14-36(19-9-7-18(28)8-10-19)25-22(27)24(29-3)33-26(34-25)32-23-16-5-6-17(23)13-35(12-16)20-11-21(37-4)31-15-30-20/h7-11,15-17,23H,5-6,12-14H2,1-4H3,(H2,29,32,33,34)/t16-,17+,23?. The molecule has 0 spiro atoms. The Morgan fingerprint density at radius 3 is 2.46 bits per heavy atom. The first-order valence-corrected chi connectivity index (χ1v) is 12.9. The lowest BCUT2D eigenvalue weighted by Gasteiger charge is -2.39. The van der Waals surface area contributed by atoms with Crippen molar-refractivity contribution in [1.29, 1.82) is 0 Å². The van der Waals surface area contributed by atoms with Gasteiger partial charge in [-0.05, 0) is 48.9 Å². The molecule has 10 heteroatoms. The van der Waals surface area contributed by atoms with Crippen LogP contribution in [0.2, 0.25) is 0 Å². The van der Waals surface area contributed by atoms with Crippen LogP contribution in [0.25, 0.3) is 0 Å². The minimum Gasteiger partial charge on any atom is -0.481 e. The zero-order chi connectivity index (χ0) is 25.7. The number of hydrogen-bond acceptors (Lipinski definition) is 9. The molecular formula is C27H33FN8O. The van der Waals surface area contributed by atoms with E-state index >= 15 is 0 Å². The summed E-state index contributed by atoms with van der Waals surface area (Å²) in [7, 11) is 3.53. The first kappa shape index (κ1) is 23.7. The first-order chi connectivity index (χ1) is 17.9. The quantitative estimate of drug-likeness (QED) is 0.512. The second kappa shape index (κ2) is 9.00. The van der Waals surface area contributed by atoms with E-state index in [9.17, 15) is 4.39 Å². The highest BCUT2D eigenvalue weighted by Crippen LogP contribution is 2.47. The number of piperidine rings is 1. The molecule has 3 atom stereocenters. The number of anilines is 5. The van der Waals surface area contributed by atoms with Crippen molar-refractivity contribution in [3.8, 4) is 5.88 Å². The summed E-state index contributed by atoms with van der Waals surface area (Å²) in [5, 5.41) is 7.02. The molecule has 9 nitrogen and oxygen atoms in total. The van der Waals surface area contributed by atoms with Crippen molar-refractivity contribution in [2.75, 3.05) is 54.2 Å². The van der Waals surface area contributed by atoms with E-state index in [-0.39, 0.29) is 17.3 Å². The topological polar surface area (TPSA) is 91.3 Å². The Morgan fingerprint density at radius 1 is 1.05 bits per heavy atom. The molecule has 3 aliphatic rings. The minimum atomic E-state index is -0.245. The van der Waals surface area contributed by atoms with E-state index in [4.69, 9.17) is 14.7 Å². The maximum absolute atomic E-state index is 13.6. The Balaban J connectivity index is 1.28. The molecule has 3 aromatic rings. The first-order valence-electron chi connectivity index (χ1n) is 12.9. The molecule has 6 rings (SSSR count). The van der Waals surface area contributed by atoms with Crippen LogP contribution in [-0.2, 0) is 5.41 Å². The van der Waals surface area contributed by atoms with Gasteiger partial charge in [0, 0.05) is 55.5 Å². The van der Waals surface area contributed by atoms with Gasteiger partial charge >= 0.3 is 0 Å². The van der Waals surface area contributed by atoms with Gasteiger partial charge in [-0.3, -0.25) is 0 Å². The molecule has 37 heavy (non-hydrogen) atoms. The monoisotopic (exact) mass is 504 g/mol. The fraction of sp³-hybridized carbons (Fsp3) is 0.481. The summed E-state index contributed by atoms with van der Waals surface area (Å²) < 4.78 is 18.9. The third kappa shape index (κ3) is 4.18. The number of nitrogens with zero attached hydrogens (tertiary/aromatic N) is 6. The Morgan fingerprint density at radius 2 is 1.78 bits per heavy atom. The van der Waals surface area contributed by atoms with Crippen molar-refractivity contribution in [2.24, 2.45) is 11.8 Å². The van der Waals surface area contributed by atoms with Crippen molar-refractivity contribution >= 4 is 29.1 Å². The molecule has 1 aliphatic carbocycles. The Bertz CT molecular complexity index is 1290. The smallest absolute Gasteiger partial charge is 0.226 e. The summed E-state index contributed by atoms with van der Waals surface area (Å²) >= 11 is 0. The minimum absolute atomic E-state index is 0.163. The van der Waals surface area contributed by atoms with Gasteiger partial charge in [0.15, 0.2) is 0 Å². The SMILES string of the molecule is CNc1nc(NC2[C@@H]3CC[C@H]2CN(c2cc(OC)ncn2)C3)nc2c1C(C)(C)CN2c1ccc(F)cc1. The molecular weight excluding hydrogens is 471 g/mol. The summed E-state index contributed by atoms with van der Waals surface area (Å²) in [5.41, 5.74) is 1.85. The van der Waals surface area contributed by atoms with Crippen LogP contribution in [0.3, 0.4) is 0 Å². The largest absolute Gasteiger partial charge is 0.481 e. The van der Waals surface area contributed by atoms with E-state index in [2.05, 4.69) is 44.2 Å². The number of benzene rings is 1. The Kier molecular flexibility index (Phi) is 5.77. The fourth-order valence-electron chi connectivity index (χ4n) is 6.31. The Labute approximate surface area is 216 Å². The van der Waals surface area contributed by atoms with Crippen molar-refractivity contribution in [3.05, 3.63) is 48.0 Å². The highest BCUT2D eigenvalue weighted by molar-refractivity contribution is 5.75. The third-order valence-corrected chi connectivity index (χ3v) is 8.04. The molecule has 0 amide bonds. The van der Waals surface area contributed by atoms with E-state index < -0.39 is 0 Å². The predicted molar refractivity (Wildman–Crippen MR) is 142 cm³/mol. The van der Waals surface area contributed by atoms with Crippen LogP contribution in [0.15, 0.2) is 36.7 Å². The van der Waals surface area contributed by atoms with Gasteiger partial charge < -0.3 is 25.2 Å². The van der Waals surface area contributed by atoms with E-state index in [1.807, 2.05) is 25.2 Å². The number of ether oxygens (including phenoxy) is 1. The lowest BCUT2D eigenvalue weighted by Crippen LogP contribution is -2.48. The number of aromatic nitrogens is 4. The van der Waals surface area contributed by atoms with Gasteiger partial charge in [0.1, 0.15) is 29.6 Å². The van der Waals surface area contributed by atoms with Gasteiger partial charge in [-0.15, -0.1) is 0 Å². The highest BCUT2D eigenvalue weighted by Gasteiger charge is 2.44. The van der Waals surface area contributed by atoms with Crippen molar-refractivity contribution in [1.82, 2.24) is 19.9 Å². The average Bonchev–Trinajstić information content (AvgIpc) is 3.29. The van der Waals surface area contributed by atoms with Gasteiger partial charge in [-0.25, -0.2) is 14.4 Å². The molecule has 1 saturated carbocycles. The molecule has 1 aromatic carbocycles. The Hall–Kier alpha value is -3.69. The normalized spacial score (nSPS) is 23.6. The van der Waals surface area contributed by atoms with Crippen molar-refractivity contribution in [2.45, 2.75) is 38.1 Å². The van der Waals surface area contributed by atoms with Crippen LogP contribution in [-0.4, -0.2) is 59.8 Å². The molecule has 2 bridgehead atoms. The maximum Gasteiger partial charge on any atom is 0.226 e. The molecule has 2 aromatic heterocycles. The molecule has 2 N–H and O–H groups in total. The predicted octanol–water partition coefficient (Wildman–Crippen LogP) is 4.21. The highest BCUT2D eigenvalue weighted by atomic mass is 19.1. The fourth-order valence-corrected chi connectivity index (χ4v) is 6.31. The zero-order valence-electron chi connectivity index (χ0n) is 21.7. The lowest BCUT2D eigenvalue weighted by molar-refractivity contribution is 0.372. The molecule has 2 aliphatic heterocycles. The van der Waals surface area contributed by atoms with Crippen LogP contribution in [0.5, 0.6) is 5.88 Å². The van der Waals surface area contributed by atoms with Crippen LogP contribution in [0, 0.1) is 17.7 Å². The van der Waals surface area contributed by atoms with E-state index in [0.29, 0.717) is 23.7 Å². The molecule has 0 radical (unpaired) electrons. The van der Waals surface area contributed by atoms with Crippen molar-refractivity contribution in [3.63, 3.8) is 0 Å². The van der Waals surface area contributed by atoms with Crippen LogP contribution in [0.4, 0.5) is 33.5 Å².